The van der Waals surface area contributed by atoms with Gasteiger partial charge in [0.1, 0.15) is 0 Å². The summed E-state index contributed by atoms with van der Waals surface area (Å²) in [4.78, 5) is 31.6. The highest BCUT2D eigenvalue weighted by molar-refractivity contribution is 5.99. The number of hydrogen-bond acceptors (Lipinski definition) is 2. The molecular formula is C36H26N8. The minimum Gasteiger partial charge on any atom is -0.361 e. The molecule has 44 heavy (non-hydrogen) atoms. The third-order valence-corrected chi connectivity index (χ3v) is 8.22. The fraction of sp³-hybridized carbons (Fsp3) is 0. The fourth-order valence-corrected chi connectivity index (χ4v) is 6.28. The van der Waals surface area contributed by atoms with Crippen LogP contribution in [0, 0.1) is 0 Å². The minimum absolute atomic E-state index is 0.845. The zero-order valence-electron chi connectivity index (χ0n) is 23.4. The molecule has 8 heteroatoms. The second-order valence-electron chi connectivity index (χ2n) is 10.8. The van der Waals surface area contributed by atoms with Gasteiger partial charge in [0.2, 0.25) is 0 Å². The van der Waals surface area contributed by atoms with Gasteiger partial charge < -0.3 is 29.9 Å². The van der Waals surface area contributed by atoms with Crippen LogP contribution in [0.4, 0.5) is 0 Å². The summed E-state index contributed by atoms with van der Waals surface area (Å²) in [5.41, 5.74) is 15.2. The van der Waals surface area contributed by atoms with Gasteiger partial charge in [0.15, 0.2) is 0 Å². The second kappa shape index (κ2) is 9.64. The number of aromatic amines is 6. The lowest BCUT2D eigenvalue weighted by Crippen LogP contribution is -1.91. The molecule has 0 atom stereocenters. The van der Waals surface area contributed by atoms with Crippen molar-refractivity contribution in [2.75, 3.05) is 0 Å². The van der Waals surface area contributed by atoms with Crippen molar-refractivity contribution in [3.8, 4) is 45.0 Å². The molecule has 0 amide bonds. The SMILES string of the molecule is C1=Cc2nc1c(-c1ccc[nH]1)c1nc(c(-c3ccc[nH]3)c3ccc([nH]3)c(-c3ccc[nH]3)c3ccc([nH]3)c2-c2ccc[nH]2)C=C1. The summed E-state index contributed by atoms with van der Waals surface area (Å²) >= 11 is 0. The number of nitrogens with zero attached hydrogens (tertiary/aromatic N) is 2. The second-order valence-corrected chi connectivity index (χ2v) is 10.8. The van der Waals surface area contributed by atoms with E-state index in [0.29, 0.717) is 0 Å². The normalized spacial score (nSPS) is 12.4. The molecule has 0 fully saturated rings. The van der Waals surface area contributed by atoms with Gasteiger partial charge in [0, 0.05) is 69.8 Å². The van der Waals surface area contributed by atoms with Crippen LogP contribution in [0.5, 0.6) is 0 Å². The van der Waals surface area contributed by atoms with Crippen molar-refractivity contribution in [2.24, 2.45) is 0 Å². The maximum atomic E-state index is 5.22. The Morgan fingerprint density at radius 2 is 0.659 bits per heavy atom. The molecule has 0 aliphatic carbocycles. The van der Waals surface area contributed by atoms with Crippen LogP contribution in [0.2, 0.25) is 0 Å². The van der Waals surface area contributed by atoms with E-state index < -0.39 is 0 Å². The number of fused-ring (bicyclic) bond motifs is 8. The lowest BCUT2D eigenvalue weighted by atomic mass is 10.1. The van der Waals surface area contributed by atoms with Gasteiger partial charge in [-0.25, -0.2) is 9.97 Å². The van der Waals surface area contributed by atoms with Crippen molar-refractivity contribution < 1.29 is 0 Å². The molecule has 6 N–H and O–H groups in total. The summed E-state index contributed by atoms with van der Waals surface area (Å²) in [7, 11) is 0. The monoisotopic (exact) mass is 570 g/mol. The lowest BCUT2D eigenvalue weighted by molar-refractivity contribution is 1.25. The summed E-state index contributed by atoms with van der Waals surface area (Å²) in [5, 5.41) is 0. The Hall–Kier alpha value is -6.28. The highest BCUT2D eigenvalue weighted by Gasteiger charge is 2.20. The first-order chi connectivity index (χ1) is 21.8. The number of hydrogen-bond donors (Lipinski definition) is 6. The van der Waals surface area contributed by atoms with E-state index in [4.69, 9.17) is 9.97 Å². The average Bonchev–Trinajstić information content (AvgIpc) is 3.90. The van der Waals surface area contributed by atoms with Crippen LogP contribution in [0.1, 0.15) is 22.8 Å². The zero-order chi connectivity index (χ0) is 29.0. The summed E-state index contributed by atoms with van der Waals surface area (Å²) in [5.74, 6) is 0. The largest absolute Gasteiger partial charge is 0.361 e. The Morgan fingerprint density at radius 3 is 1.02 bits per heavy atom. The first-order valence-electron chi connectivity index (χ1n) is 14.5. The Labute approximate surface area is 251 Å². The number of aromatic nitrogens is 8. The van der Waals surface area contributed by atoms with Gasteiger partial charge in [0.25, 0.3) is 0 Å². The molecular weight excluding hydrogens is 544 g/mol. The van der Waals surface area contributed by atoms with E-state index in [-0.39, 0.29) is 0 Å². The number of H-pyrrole nitrogens is 6. The van der Waals surface area contributed by atoms with Crippen LogP contribution in [0.25, 0.3) is 91.4 Å². The van der Waals surface area contributed by atoms with E-state index in [9.17, 15) is 0 Å². The van der Waals surface area contributed by atoms with Crippen LogP contribution in [-0.4, -0.2) is 39.9 Å². The Balaban J connectivity index is 1.49. The van der Waals surface area contributed by atoms with Gasteiger partial charge in [-0.05, 0) is 97.1 Å². The zero-order valence-corrected chi connectivity index (χ0v) is 23.4. The third-order valence-electron chi connectivity index (χ3n) is 8.22. The summed E-state index contributed by atoms with van der Waals surface area (Å²) in [6.07, 6.45) is 16.1. The first kappa shape index (κ1) is 24.3. The van der Waals surface area contributed by atoms with Gasteiger partial charge in [0.05, 0.1) is 44.8 Å². The van der Waals surface area contributed by atoms with Crippen LogP contribution in [0.15, 0.2) is 97.6 Å². The van der Waals surface area contributed by atoms with Crippen molar-refractivity contribution in [1.82, 2.24) is 39.9 Å². The highest BCUT2D eigenvalue weighted by atomic mass is 14.8. The Kier molecular flexibility index (Phi) is 5.33. The molecule has 2 aliphatic heterocycles. The molecule has 0 saturated carbocycles. The van der Waals surface area contributed by atoms with Crippen LogP contribution >= 0.6 is 0 Å². The molecule has 2 aliphatic rings. The van der Waals surface area contributed by atoms with Crippen LogP contribution in [0.3, 0.4) is 0 Å². The van der Waals surface area contributed by atoms with Gasteiger partial charge in [-0.3, -0.25) is 0 Å². The molecule has 0 radical (unpaired) electrons. The molecule has 0 saturated heterocycles. The predicted molar refractivity (Wildman–Crippen MR) is 178 cm³/mol. The van der Waals surface area contributed by atoms with Crippen LogP contribution in [-0.2, 0) is 0 Å². The molecule has 0 unspecified atom stereocenters. The lowest BCUT2D eigenvalue weighted by Gasteiger charge is -2.04. The first-order valence-corrected chi connectivity index (χ1v) is 14.5. The number of rotatable bonds is 4. The number of nitrogens with one attached hydrogen (secondary N) is 6. The van der Waals surface area contributed by atoms with Crippen molar-refractivity contribution >= 4 is 46.4 Å². The molecule has 8 bridgehead atoms. The van der Waals surface area contributed by atoms with Gasteiger partial charge in [-0.15, -0.1) is 0 Å². The molecule has 7 aromatic rings. The Morgan fingerprint density at radius 1 is 0.341 bits per heavy atom. The van der Waals surface area contributed by atoms with Crippen molar-refractivity contribution in [2.45, 2.75) is 0 Å². The van der Waals surface area contributed by atoms with Gasteiger partial charge in [-0.2, -0.15) is 0 Å². The molecule has 9 heterocycles. The fourth-order valence-electron chi connectivity index (χ4n) is 6.28. The predicted octanol–water partition coefficient (Wildman–Crippen LogP) is 8.64. The van der Waals surface area contributed by atoms with Crippen molar-refractivity contribution in [3.05, 3.63) is 120 Å². The topological polar surface area (TPSA) is 121 Å². The molecule has 0 aromatic carbocycles. The van der Waals surface area contributed by atoms with E-state index in [1.54, 1.807) is 0 Å². The molecule has 210 valence electrons. The van der Waals surface area contributed by atoms with E-state index in [1.807, 2.05) is 49.1 Å². The molecule has 0 spiro atoms. The standard InChI is InChI=1S/C36H26N8/c1-5-21(37-17-1)33-25-9-11-27(41-25)34(22-6-2-18-38-22)29-13-15-31(43-29)36(24-8-4-20-40-24)32-16-14-30(44-32)35(23-7-3-19-39-23)28-12-10-26(33)42-28/h1-20,37-42H. The van der Waals surface area contributed by atoms with E-state index in [2.05, 4.69) is 103 Å². The molecule has 8 nitrogen and oxygen atoms in total. The van der Waals surface area contributed by atoms with E-state index >= 15 is 0 Å². The minimum atomic E-state index is 0.845. The van der Waals surface area contributed by atoms with E-state index in [0.717, 1.165) is 89.9 Å². The van der Waals surface area contributed by atoms with Crippen molar-refractivity contribution in [3.63, 3.8) is 0 Å². The third kappa shape index (κ3) is 3.85. The summed E-state index contributed by atoms with van der Waals surface area (Å²) < 4.78 is 0. The van der Waals surface area contributed by atoms with E-state index in [1.165, 1.54) is 0 Å². The Bertz CT molecular complexity index is 2220. The summed E-state index contributed by atoms with van der Waals surface area (Å²) in [6, 6.07) is 24.9. The highest BCUT2D eigenvalue weighted by Crippen LogP contribution is 2.37. The van der Waals surface area contributed by atoms with Crippen molar-refractivity contribution in [1.29, 1.82) is 0 Å². The smallest absolute Gasteiger partial charge is 0.0753 e. The van der Waals surface area contributed by atoms with Gasteiger partial charge in [-0.1, -0.05) is 0 Å². The molecule has 7 aromatic heterocycles. The van der Waals surface area contributed by atoms with Gasteiger partial charge >= 0.3 is 0 Å². The summed E-state index contributed by atoms with van der Waals surface area (Å²) in [6.45, 7) is 0. The maximum absolute atomic E-state index is 5.22. The maximum Gasteiger partial charge on any atom is 0.0753 e. The van der Waals surface area contributed by atoms with Crippen LogP contribution < -0.4 is 0 Å². The molecule has 9 rings (SSSR count). The average molecular weight is 571 g/mol. The quantitative estimate of drug-likeness (QED) is 0.127.